The van der Waals surface area contributed by atoms with Gasteiger partial charge in [0.05, 0.1) is 19.3 Å². The summed E-state index contributed by atoms with van der Waals surface area (Å²) in [5.74, 6) is -1.27. The smallest absolute Gasteiger partial charge is 0.243 e. The average Bonchev–Trinajstić information content (AvgIpc) is 2.94. The Morgan fingerprint density at radius 3 is 2.68 bits per heavy atom. The number of ether oxygens (including phenoxy) is 1. The SMILES string of the molecule is CC(=O)N1OC[C@@H]2[C@@H](C(C)(C)F)OC[C@@]21c1ccccc1F. The summed E-state index contributed by atoms with van der Waals surface area (Å²) in [7, 11) is 0. The second-order valence-corrected chi connectivity index (χ2v) is 6.42. The van der Waals surface area contributed by atoms with Crippen LogP contribution in [0.5, 0.6) is 0 Å². The Labute approximate surface area is 128 Å². The zero-order chi connectivity index (χ0) is 16.1. The topological polar surface area (TPSA) is 38.8 Å². The number of benzene rings is 1. The van der Waals surface area contributed by atoms with Crippen molar-refractivity contribution in [1.29, 1.82) is 0 Å². The van der Waals surface area contributed by atoms with E-state index in [0.717, 1.165) is 5.06 Å². The Morgan fingerprint density at radius 1 is 1.41 bits per heavy atom. The summed E-state index contributed by atoms with van der Waals surface area (Å²) in [5.41, 5.74) is -2.43. The Bertz CT molecular complexity index is 601. The van der Waals surface area contributed by atoms with Crippen LogP contribution in [-0.4, -0.2) is 36.0 Å². The predicted octanol–water partition coefficient (Wildman–Crippen LogP) is 2.58. The normalized spacial score (nSPS) is 31.4. The molecule has 0 unspecified atom stereocenters. The summed E-state index contributed by atoms with van der Waals surface area (Å²) in [4.78, 5) is 17.5. The van der Waals surface area contributed by atoms with E-state index in [-0.39, 0.29) is 19.1 Å². The molecule has 120 valence electrons. The molecule has 6 heteroatoms. The Morgan fingerprint density at radius 2 is 2.09 bits per heavy atom. The number of hydrogen-bond donors (Lipinski definition) is 0. The van der Waals surface area contributed by atoms with E-state index in [1.54, 1.807) is 18.2 Å². The molecular formula is C16H19F2NO3. The van der Waals surface area contributed by atoms with Crippen LogP contribution in [0.15, 0.2) is 24.3 Å². The summed E-state index contributed by atoms with van der Waals surface area (Å²) < 4.78 is 34.5. The van der Waals surface area contributed by atoms with Gasteiger partial charge in [-0.3, -0.25) is 9.63 Å². The first kappa shape index (κ1) is 15.4. The molecule has 1 aromatic carbocycles. The molecule has 2 fully saturated rings. The first-order valence-corrected chi connectivity index (χ1v) is 7.27. The fourth-order valence-electron chi connectivity index (χ4n) is 3.64. The van der Waals surface area contributed by atoms with Crippen LogP contribution in [0.1, 0.15) is 26.3 Å². The predicted molar refractivity (Wildman–Crippen MR) is 75.0 cm³/mol. The Kier molecular flexibility index (Phi) is 3.49. The van der Waals surface area contributed by atoms with Gasteiger partial charge in [-0.15, -0.1) is 0 Å². The van der Waals surface area contributed by atoms with E-state index in [0.29, 0.717) is 5.56 Å². The Balaban J connectivity index is 2.14. The minimum absolute atomic E-state index is 0.0101. The van der Waals surface area contributed by atoms with Crippen LogP contribution in [0.25, 0.3) is 0 Å². The average molecular weight is 311 g/mol. The third-order valence-electron chi connectivity index (χ3n) is 4.51. The molecule has 0 radical (unpaired) electrons. The lowest BCUT2D eigenvalue weighted by molar-refractivity contribution is -0.194. The van der Waals surface area contributed by atoms with Crippen LogP contribution in [0, 0.1) is 11.7 Å². The van der Waals surface area contributed by atoms with Gasteiger partial charge in [0.2, 0.25) is 5.91 Å². The highest BCUT2D eigenvalue weighted by molar-refractivity contribution is 5.74. The second-order valence-electron chi connectivity index (χ2n) is 6.42. The molecule has 0 saturated carbocycles. The lowest BCUT2D eigenvalue weighted by atomic mass is 9.75. The number of alkyl halides is 1. The first-order chi connectivity index (χ1) is 10.3. The molecule has 3 rings (SSSR count). The number of hydroxylamine groups is 2. The highest BCUT2D eigenvalue weighted by Crippen LogP contribution is 2.52. The summed E-state index contributed by atoms with van der Waals surface area (Å²) in [6.45, 7) is 4.32. The van der Waals surface area contributed by atoms with Crippen LogP contribution < -0.4 is 0 Å². The van der Waals surface area contributed by atoms with Gasteiger partial charge in [-0.2, -0.15) is 0 Å². The van der Waals surface area contributed by atoms with Crippen LogP contribution >= 0.6 is 0 Å². The standard InChI is InChI=1S/C16H19F2NO3/c1-10(20)19-16(11-6-4-5-7-13(11)17)9-21-14(15(2,3)18)12(16)8-22-19/h4-7,12,14H,8-9H2,1-3H3/t12-,14+,16-/m1/s1. The number of rotatable bonds is 2. The molecule has 22 heavy (non-hydrogen) atoms. The molecule has 2 aliphatic heterocycles. The summed E-state index contributed by atoms with van der Waals surface area (Å²) in [5, 5.41) is 1.15. The van der Waals surface area contributed by atoms with Gasteiger partial charge in [0.1, 0.15) is 17.0 Å². The molecule has 1 amide bonds. The number of halogens is 2. The van der Waals surface area contributed by atoms with E-state index in [9.17, 15) is 13.6 Å². The maximum Gasteiger partial charge on any atom is 0.243 e. The van der Waals surface area contributed by atoms with E-state index in [1.807, 2.05) is 0 Å². The van der Waals surface area contributed by atoms with E-state index in [2.05, 4.69) is 0 Å². The molecule has 0 N–H and O–H groups in total. The largest absolute Gasteiger partial charge is 0.371 e. The minimum atomic E-state index is -1.62. The van der Waals surface area contributed by atoms with Gasteiger partial charge in [0.25, 0.3) is 0 Å². The molecule has 2 saturated heterocycles. The fourth-order valence-corrected chi connectivity index (χ4v) is 3.64. The third kappa shape index (κ3) is 2.05. The summed E-state index contributed by atoms with van der Waals surface area (Å²) in [6.07, 6.45) is -0.767. The fraction of sp³-hybridized carbons (Fsp3) is 0.562. The minimum Gasteiger partial charge on any atom is -0.371 e. The lowest BCUT2D eigenvalue weighted by Crippen LogP contribution is -2.49. The van der Waals surface area contributed by atoms with Gasteiger partial charge in [0.15, 0.2) is 0 Å². The van der Waals surface area contributed by atoms with Gasteiger partial charge in [-0.05, 0) is 19.9 Å². The van der Waals surface area contributed by atoms with Crippen molar-refractivity contribution in [3.63, 3.8) is 0 Å². The van der Waals surface area contributed by atoms with E-state index < -0.39 is 29.0 Å². The molecule has 0 bridgehead atoms. The van der Waals surface area contributed by atoms with Crippen molar-refractivity contribution in [3.05, 3.63) is 35.6 Å². The van der Waals surface area contributed by atoms with Crippen LogP contribution in [-0.2, 0) is 19.9 Å². The maximum absolute atomic E-state index is 14.5. The van der Waals surface area contributed by atoms with Crippen molar-refractivity contribution < 1.29 is 23.1 Å². The molecule has 2 aliphatic rings. The van der Waals surface area contributed by atoms with Crippen molar-refractivity contribution in [2.24, 2.45) is 5.92 Å². The molecule has 0 aromatic heterocycles. The zero-order valence-electron chi connectivity index (χ0n) is 12.8. The monoisotopic (exact) mass is 311 g/mol. The van der Waals surface area contributed by atoms with Gasteiger partial charge in [-0.1, -0.05) is 18.2 Å². The van der Waals surface area contributed by atoms with Crippen LogP contribution in [0.2, 0.25) is 0 Å². The van der Waals surface area contributed by atoms with Crippen LogP contribution in [0.3, 0.4) is 0 Å². The summed E-state index contributed by atoms with van der Waals surface area (Å²) >= 11 is 0. The van der Waals surface area contributed by atoms with Gasteiger partial charge < -0.3 is 4.74 Å². The zero-order valence-corrected chi connectivity index (χ0v) is 12.8. The van der Waals surface area contributed by atoms with Crippen LogP contribution in [0.4, 0.5) is 8.78 Å². The number of amides is 1. The van der Waals surface area contributed by atoms with E-state index >= 15 is 0 Å². The number of carbonyl (C=O) groups excluding carboxylic acids is 1. The number of fused-ring (bicyclic) bond motifs is 1. The highest BCUT2D eigenvalue weighted by Gasteiger charge is 2.64. The molecule has 1 aromatic rings. The number of carbonyl (C=O) groups is 1. The maximum atomic E-state index is 14.5. The Hall–Kier alpha value is -1.53. The first-order valence-electron chi connectivity index (χ1n) is 7.27. The van der Waals surface area contributed by atoms with Crippen molar-refractivity contribution >= 4 is 5.91 Å². The van der Waals surface area contributed by atoms with Gasteiger partial charge in [0, 0.05) is 18.4 Å². The summed E-state index contributed by atoms with van der Waals surface area (Å²) in [6, 6.07) is 6.19. The lowest BCUT2D eigenvalue weighted by Gasteiger charge is -2.35. The van der Waals surface area contributed by atoms with Crippen molar-refractivity contribution in [3.8, 4) is 0 Å². The molecule has 0 aliphatic carbocycles. The quantitative estimate of drug-likeness (QED) is 0.842. The second kappa shape index (κ2) is 4.99. The van der Waals surface area contributed by atoms with E-state index in [1.165, 1.54) is 26.8 Å². The third-order valence-corrected chi connectivity index (χ3v) is 4.51. The van der Waals surface area contributed by atoms with Crippen molar-refractivity contribution in [2.45, 2.75) is 38.1 Å². The number of hydrogen-bond acceptors (Lipinski definition) is 3. The van der Waals surface area contributed by atoms with E-state index in [4.69, 9.17) is 9.57 Å². The van der Waals surface area contributed by atoms with Crippen molar-refractivity contribution in [2.75, 3.05) is 13.2 Å². The highest BCUT2D eigenvalue weighted by atomic mass is 19.1. The van der Waals surface area contributed by atoms with Gasteiger partial charge in [-0.25, -0.2) is 13.8 Å². The molecular weight excluding hydrogens is 292 g/mol. The molecule has 2 heterocycles. The number of nitrogens with zero attached hydrogens (tertiary/aromatic N) is 1. The van der Waals surface area contributed by atoms with Gasteiger partial charge >= 0.3 is 0 Å². The molecule has 4 nitrogen and oxygen atoms in total. The molecule has 3 atom stereocenters. The molecule has 0 spiro atoms. The van der Waals surface area contributed by atoms with Crippen molar-refractivity contribution in [1.82, 2.24) is 5.06 Å².